The lowest BCUT2D eigenvalue weighted by atomic mass is 9.89. The van der Waals surface area contributed by atoms with Gasteiger partial charge in [-0.3, -0.25) is 0 Å². The van der Waals surface area contributed by atoms with Crippen LogP contribution in [-0.2, 0) is 9.53 Å². The van der Waals surface area contributed by atoms with Crippen molar-refractivity contribution in [1.29, 1.82) is 0 Å². The molecule has 3 rings (SSSR count). The van der Waals surface area contributed by atoms with Gasteiger partial charge in [0.05, 0.1) is 0 Å². The first kappa shape index (κ1) is 18.1. The van der Waals surface area contributed by atoms with E-state index in [1.807, 2.05) is 30.3 Å². The molecule has 134 valence electrons. The number of carboxylic acid groups (broad SMARTS) is 1. The highest BCUT2D eigenvalue weighted by molar-refractivity contribution is 5.73. The van der Waals surface area contributed by atoms with Crippen LogP contribution in [-0.4, -0.2) is 50.8 Å². The van der Waals surface area contributed by atoms with Gasteiger partial charge < -0.3 is 25.2 Å². The van der Waals surface area contributed by atoms with Crippen molar-refractivity contribution in [3.05, 3.63) is 71.3 Å². The Morgan fingerprint density at radius 3 is 2.19 bits per heavy atom. The monoisotopic (exact) mass is 354 g/mol. The van der Waals surface area contributed by atoms with Crippen LogP contribution >= 0.6 is 0 Å². The molecule has 1 fully saturated rings. The maximum absolute atomic E-state index is 11.3. The Hall–Kier alpha value is -2.69. The van der Waals surface area contributed by atoms with Crippen LogP contribution in [0.3, 0.4) is 0 Å². The summed E-state index contributed by atoms with van der Waals surface area (Å²) >= 11 is 0. The lowest BCUT2D eigenvalue weighted by Gasteiger charge is -2.39. The summed E-state index contributed by atoms with van der Waals surface area (Å²) in [6, 6.07) is 16.1. The smallest absolute Gasteiger partial charge is 0.335 e. The number of carbonyl (C=O) groups is 1. The fourth-order valence-electron chi connectivity index (χ4n) is 2.86. The van der Waals surface area contributed by atoms with Crippen LogP contribution in [0.15, 0.2) is 54.6 Å². The highest BCUT2D eigenvalue weighted by Gasteiger charge is 2.47. The van der Waals surface area contributed by atoms with Gasteiger partial charge in [0.1, 0.15) is 24.4 Å². The van der Waals surface area contributed by atoms with Crippen LogP contribution in [0.4, 0.5) is 0 Å². The first-order chi connectivity index (χ1) is 12.5. The quantitative estimate of drug-likeness (QED) is 0.591. The van der Waals surface area contributed by atoms with Crippen LogP contribution in [0.1, 0.15) is 22.8 Å². The predicted octanol–water partition coefficient (Wildman–Crippen LogP) is 0.694. The summed E-state index contributed by atoms with van der Waals surface area (Å²) in [5.74, 6) is 4.56. The van der Waals surface area contributed by atoms with Gasteiger partial charge in [-0.2, -0.15) is 0 Å². The zero-order valence-corrected chi connectivity index (χ0v) is 13.7. The van der Waals surface area contributed by atoms with E-state index in [4.69, 9.17) is 4.74 Å². The number of aliphatic hydroxyl groups is 3. The number of rotatable bonds is 2. The number of hydrogen-bond donors (Lipinski definition) is 4. The minimum atomic E-state index is -1.72. The van der Waals surface area contributed by atoms with Gasteiger partial charge in [0.25, 0.3) is 0 Å². The van der Waals surface area contributed by atoms with Crippen molar-refractivity contribution in [3.63, 3.8) is 0 Å². The van der Waals surface area contributed by atoms with Crippen LogP contribution in [0.2, 0.25) is 0 Å². The van der Waals surface area contributed by atoms with Gasteiger partial charge in [0, 0.05) is 11.1 Å². The van der Waals surface area contributed by atoms with Crippen LogP contribution in [0, 0.1) is 11.8 Å². The Morgan fingerprint density at radius 1 is 0.846 bits per heavy atom. The second kappa shape index (κ2) is 7.68. The summed E-state index contributed by atoms with van der Waals surface area (Å²) < 4.78 is 5.39. The van der Waals surface area contributed by atoms with E-state index >= 15 is 0 Å². The average molecular weight is 354 g/mol. The van der Waals surface area contributed by atoms with Gasteiger partial charge in [-0.25, -0.2) is 4.79 Å². The van der Waals surface area contributed by atoms with E-state index < -0.39 is 36.5 Å². The molecule has 1 heterocycles. The minimum Gasteiger partial charge on any atom is -0.479 e. The van der Waals surface area contributed by atoms with Gasteiger partial charge in [-0.1, -0.05) is 48.2 Å². The first-order valence-corrected chi connectivity index (χ1v) is 8.07. The van der Waals surface area contributed by atoms with E-state index in [0.717, 1.165) is 5.56 Å². The predicted molar refractivity (Wildman–Crippen MR) is 92.1 cm³/mol. The Labute approximate surface area is 150 Å². The summed E-state index contributed by atoms with van der Waals surface area (Å²) in [6.45, 7) is 0. The van der Waals surface area contributed by atoms with Crippen molar-refractivity contribution in [2.24, 2.45) is 0 Å². The topological polar surface area (TPSA) is 107 Å². The van der Waals surface area contributed by atoms with Gasteiger partial charge in [0.2, 0.25) is 0 Å². The third kappa shape index (κ3) is 3.62. The zero-order valence-electron chi connectivity index (χ0n) is 13.7. The minimum absolute atomic E-state index is 0.445. The molecular formula is C20H18O6. The second-order valence-electron chi connectivity index (χ2n) is 5.99. The van der Waals surface area contributed by atoms with E-state index in [2.05, 4.69) is 11.8 Å². The van der Waals surface area contributed by atoms with Gasteiger partial charge in [-0.15, -0.1) is 0 Å². The molecule has 1 aliphatic rings. The zero-order chi connectivity index (χ0) is 18.7. The molecule has 0 saturated carbocycles. The molecule has 0 aromatic heterocycles. The van der Waals surface area contributed by atoms with Crippen molar-refractivity contribution in [2.45, 2.75) is 30.5 Å². The van der Waals surface area contributed by atoms with Crippen LogP contribution in [0.5, 0.6) is 0 Å². The first-order valence-electron chi connectivity index (χ1n) is 8.07. The maximum Gasteiger partial charge on any atom is 0.335 e. The van der Waals surface area contributed by atoms with Crippen molar-refractivity contribution >= 4 is 5.97 Å². The molecule has 0 spiro atoms. The summed E-state index contributed by atoms with van der Waals surface area (Å²) in [6.07, 6.45) is -7.63. The molecule has 0 radical (unpaired) electrons. The summed E-state index contributed by atoms with van der Waals surface area (Å²) in [7, 11) is 0. The molecule has 26 heavy (non-hydrogen) atoms. The highest BCUT2D eigenvalue weighted by atomic mass is 16.6. The Balaban J connectivity index is 1.96. The van der Waals surface area contributed by atoms with Gasteiger partial charge >= 0.3 is 5.97 Å². The largest absolute Gasteiger partial charge is 0.479 e. The molecule has 0 aliphatic carbocycles. The molecule has 2 aromatic carbocycles. The van der Waals surface area contributed by atoms with Crippen molar-refractivity contribution in [2.75, 3.05) is 0 Å². The number of carboxylic acids is 1. The van der Waals surface area contributed by atoms with Gasteiger partial charge in [0.15, 0.2) is 6.10 Å². The summed E-state index contributed by atoms with van der Waals surface area (Å²) in [5.41, 5.74) is 1.78. The SMILES string of the molecule is O=C(O)[C@H]1OC(c2ccccc2C#Cc2ccccc2)[C@H](O)[C@@H](O)[C@@H]1O. The van der Waals surface area contributed by atoms with E-state index in [1.54, 1.807) is 24.3 Å². The molecule has 1 aliphatic heterocycles. The highest BCUT2D eigenvalue weighted by Crippen LogP contribution is 2.34. The number of hydrogen-bond acceptors (Lipinski definition) is 5. The molecule has 1 unspecified atom stereocenters. The summed E-state index contributed by atoms with van der Waals surface area (Å²) in [5, 5.41) is 39.3. The maximum atomic E-state index is 11.3. The lowest BCUT2D eigenvalue weighted by molar-refractivity contribution is -0.229. The normalized spacial score (nSPS) is 28.0. The molecule has 6 heteroatoms. The molecule has 5 atom stereocenters. The number of aliphatic carboxylic acids is 1. The molecule has 0 bridgehead atoms. The molecule has 4 N–H and O–H groups in total. The summed E-state index contributed by atoms with van der Waals surface area (Å²) in [4.78, 5) is 11.3. The van der Waals surface area contributed by atoms with Crippen LogP contribution in [0.25, 0.3) is 0 Å². The van der Waals surface area contributed by atoms with Crippen molar-refractivity contribution in [1.82, 2.24) is 0 Å². The average Bonchev–Trinajstić information content (AvgIpc) is 2.66. The fraction of sp³-hybridized carbons (Fsp3) is 0.250. The van der Waals surface area contributed by atoms with Crippen molar-refractivity contribution in [3.8, 4) is 11.8 Å². The third-order valence-electron chi connectivity index (χ3n) is 4.24. The van der Waals surface area contributed by atoms with E-state index in [1.165, 1.54) is 0 Å². The van der Waals surface area contributed by atoms with E-state index in [0.29, 0.717) is 11.1 Å². The second-order valence-corrected chi connectivity index (χ2v) is 5.99. The van der Waals surface area contributed by atoms with Crippen LogP contribution < -0.4 is 0 Å². The lowest BCUT2D eigenvalue weighted by Crippen LogP contribution is -2.56. The van der Waals surface area contributed by atoms with E-state index in [-0.39, 0.29) is 0 Å². The fourth-order valence-corrected chi connectivity index (χ4v) is 2.86. The molecule has 0 amide bonds. The molecule has 1 saturated heterocycles. The molecule has 2 aromatic rings. The third-order valence-corrected chi connectivity index (χ3v) is 4.24. The molecular weight excluding hydrogens is 336 g/mol. The standard InChI is InChI=1S/C20H18O6/c21-15-16(22)18(26-19(17(15)23)20(24)25)14-9-5-4-8-13(14)11-10-12-6-2-1-3-7-12/h1-9,15-19,21-23H,(H,24,25)/t15-,16-,17+,18?,19+/m1/s1. The molecule has 6 nitrogen and oxygen atoms in total. The number of benzene rings is 2. The Bertz CT molecular complexity index is 838. The van der Waals surface area contributed by atoms with E-state index in [9.17, 15) is 25.2 Å². The van der Waals surface area contributed by atoms with Crippen molar-refractivity contribution < 1.29 is 30.0 Å². The van der Waals surface area contributed by atoms with Gasteiger partial charge in [-0.05, 0) is 23.8 Å². The Morgan fingerprint density at radius 2 is 1.50 bits per heavy atom. The number of aliphatic hydroxyl groups excluding tert-OH is 3. The Kier molecular flexibility index (Phi) is 5.35. The number of ether oxygens (including phenoxy) is 1.